The third-order valence-corrected chi connectivity index (χ3v) is 2.11. The van der Waals surface area contributed by atoms with Gasteiger partial charge in [-0.2, -0.15) is 0 Å². The molecule has 2 atom stereocenters. The van der Waals surface area contributed by atoms with E-state index < -0.39 is 0 Å². The van der Waals surface area contributed by atoms with Crippen molar-refractivity contribution in [2.75, 3.05) is 13.6 Å². The van der Waals surface area contributed by atoms with Gasteiger partial charge >= 0.3 is 0 Å². The Kier molecular flexibility index (Phi) is 2.27. The van der Waals surface area contributed by atoms with Crippen LogP contribution in [-0.4, -0.2) is 25.5 Å². The summed E-state index contributed by atoms with van der Waals surface area (Å²) in [5.41, 5.74) is 0. The van der Waals surface area contributed by atoms with Crippen molar-refractivity contribution in [3.63, 3.8) is 0 Å². The van der Waals surface area contributed by atoms with E-state index in [-0.39, 0.29) is 11.8 Å². The Morgan fingerprint density at radius 2 is 2.40 bits per heavy atom. The van der Waals surface area contributed by atoms with Gasteiger partial charge in [-0.15, -0.1) is 0 Å². The van der Waals surface area contributed by atoms with Crippen molar-refractivity contribution in [1.29, 1.82) is 0 Å². The van der Waals surface area contributed by atoms with E-state index in [1.165, 1.54) is 0 Å². The fourth-order valence-corrected chi connectivity index (χ4v) is 1.40. The lowest BCUT2D eigenvalue weighted by Crippen LogP contribution is -2.34. The summed E-state index contributed by atoms with van der Waals surface area (Å²) in [7, 11) is 1.69. The number of amides is 1. The highest BCUT2D eigenvalue weighted by atomic mass is 16.1. The Hall–Kier alpha value is -0.570. The van der Waals surface area contributed by atoms with Crippen molar-refractivity contribution >= 4 is 5.91 Å². The summed E-state index contributed by atoms with van der Waals surface area (Å²) in [5, 5.41) is 5.88. The molecular formula is C7H14N2O. The molecule has 0 aromatic heterocycles. The maximum atomic E-state index is 11.1. The van der Waals surface area contributed by atoms with Crippen LogP contribution in [0, 0.1) is 5.92 Å². The first kappa shape index (κ1) is 7.54. The Bertz CT molecular complexity index is 136. The highest BCUT2D eigenvalue weighted by Gasteiger charge is 2.28. The van der Waals surface area contributed by atoms with E-state index in [0.717, 1.165) is 13.0 Å². The van der Waals surface area contributed by atoms with E-state index >= 15 is 0 Å². The molecule has 0 unspecified atom stereocenters. The normalized spacial score (nSPS) is 32.2. The second-order valence-electron chi connectivity index (χ2n) is 2.75. The predicted octanol–water partition coefficient (Wildman–Crippen LogP) is -0.270. The predicted molar refractivity (Wildman–Crippen MR) is 39.6 cm³/mol. The summed E-state index contributed by atoms with van der Waals surface area (Å²) < 4.78 is 0. The number of hydrogen-bond acceptors (Lipinski definition) is 2. The summed E-state index contributed by atoms with van der Waals surface area (Å²) in [6.07, 6.45) is 0.973. The van der Waals surface area contributed by atoms with Crippen molar-refractivity contribution in [3.05, 3.63) is 0 Å². The van der Waals surface area contributed by atoms with Crippen LogP contribution in [-0.2, 0) is 4.79 Å². The van der Waals surface area contributed by atoms with Gasteiger partial charge in [-0.25, -0.2) is 0 Å². The number of nitrogens with one attached hydrogen (secondary N) is 2. The van der Waals surface area contributed by atoms with E-state index in [1.54, 1.807) is 7.05 Å². The van der Waals surface area contributed by atoms with Crippen molar-refractivity contribution in [2.45, 2.75) is 19.4 Å². The first-order valence-corrected chi connectivity index (χ1v) is 3.70. The molecule has 0 aromatic carbocycles. The second kappa shape index (κ2) is 3.01. The highest BCUT2D eigenvalue weighted by molar-refractivity contribution is 5.79. The quantitative estimate of drug-likeness (QED) is 0.529. The Balaban J connectivity index is 2.46. The van der Waals surface area contributed by atoms with Crippen LogP contribution in [0.5, 0.6) is 0 Å². The minimum absolute atomic E-state index is 0.164. The Morgan fingerprint density at radius 1 is 1.70 bits per heavy atom. The van der Waals surface area contributed by atoms with Gasteiger partial charge in [-0.05, 0) is 19.9 Å². The average Bonchev–Trinajstić information content (AvgIpc) is 2.34. The van der Waals surface area contributed by atoms with Crippen molar-refractivity contribution in [2.24, 2.45) is 5.92 Å². The standard InChI is InChI=1S/C7H14N2O/c1-5-6(3-4-9-5)7(10)8-2/h5-6,9H,3-4H2,1-2H3,(H,8,10)/t5-,6-/m0/s1. The van der Waals surface area contributed by atoms with Gasteiger partial charge in [-0.1, -0.05) is 0 Å². The van der Waals surface area contributed by atoms with Gasteiger partial charge in [0, 0.05) is 13.1 Å². The van der Waals surface area contributed by atoms with Crippen LogP contribution >= 0.6 is 0 Å². The summed E-state index contributed by atoms with van der Waals surface area (Å²) >= 11 is 0. The molecule has 1 amide bonds. The maximum Gasteiger partial charge on any atom is 0.224 e. The van der Waals surface area contributed by atoms with Gasteiger partial charge in [-0.3, -0.25) is 4.79 Å². The van der Waals surface area contributed by atoms with Gasteiger partial charge < -0.3 is 10.6 Å². The molecule has 2 N–H and O–H groups in total. The van der Waals surface area contributed by atoms with Gasteiger partial charge in [0.2, 0.25) is 5.91 Å². The molecule has 3 heteroatoms. The summed E-state index contributed by atoms with van der Waals surface area (Å²) in [4.78, 5) is 11.1. The lowest BCUT2D eigenvalue weighted by molar-refractivity contribution is -0.124. The summed E-state index contributed by atoms with van der Waals surface area (Å²) in [5.74, 6) is 0.350. The molecule has 0 bridgehead atoms. The molecule has 0 saturated carbocycles. The third kappa shape index (κ3) is 1.29. The fraction of sp³-hybridized carbons (Fsp3) is 0.857. The van der Waals surface area contributed by atoms with Gasteiger partial charge in [0.25, 0.3) is 0 Å². The Morgan fingerprint density at radius 3 is 2.80 bits per heavy atom. The van der Waals surface area contributed by atoms with Crippen molar-refractivity contribution < 1.29 is 4.79 Å². The molecule has 58 valence electrons. The molecule has 10 heavy (non-hydrogen) atoms. The lowest BCUT2D eigenvalue weighted by Gasteiger charge is -2.11. The third-order valence-electron chi connectivity index (χ3n) is 2.11. The van der Waals surface area contributed by atoms with Gasteiger partial charge in [0.15, 0.2) is 0 Å². The first-order valence-electron chi connectivity index (χ1n) is 3.70. The summed E-state index contributed by atoms with van der Waals surface area (Å²) in [6, 6.07) is 0.347. The second-order valence-corrected chi connectivity index (χ2v) is 2.75. The van der Waals surface area contributed by atoms with Crippen LogP contribution in [0.3, 0.4) is 0 Å². The van der Waals surface area contributed by atoms with Crippen LogP contribution < -0.4 is 10.6 Å². The zero-order chi connectivity index (χ0) is 7.56. The van der Waals surface area contributed by atoms with E-state index in [1.807, 2.05) is 6.92 Å². The van der Waals surface area contributed by atoms with Crippen LogP contribution in [0.1, 0.15) is 13.3 Å². The fourth-order valence-electron chi connectivity index (χ4n) is 1.40. The van der Waals surface area contributed by atoms with Crippen LogP contribution in [0.4, 0.5) is 0 Å². The minimum atomic E-state index is 0.164. The summed E-state index contributed by atoms with van der Waals surface area (Å²) in [6.45, 7) is 3.02. The van der Waals surface area contributed by atoms with Crippen LogP contribution in [0.15, 0.2) is 0 Å². The molecular weight excluding hydrogens is 128 g/mol. The topological polar surface area (TPSA) is 41.1 Å². The molecule has 1 fully saturated rings. The zero-order valence-electron chi connectivity index (χ0n) is 6.48. The molecule has 1 heterocycles. The molecule has 1 saturated heterocycles. The van der Waals surface area contributed by atoms with E-state index in [4.69, 9.17) is 0 Å². The van der Waals surface area contributed by atoms with Crippen LogP contribution in [0.2, 0.25) is 0 Å². The van der Waals surface area contributed by atoms with Crippen molar-refractivity contribution in [3.8, 4) is 0 Å². The van der Waals surface area contributed by atoms with Crippen molar-refractivity contribution in [1.82, 2.24) is 10.6 Å². The van der Waals surface area contributed by atoms with Crippen LogP contribution in [0.25, 0.3) is 0 Å². The van der Waals surface area contributed by atoms with E-state index in [0.29, 0.717) is 6.04 Å². The number of rotatable bonds is 1. The molecule has 1 aliphatic rings. The van der Waals surface area contributed by atoms with Gasteiger partial charge in [0.1, 0.15) is 0 Å². The molecule has 0 spiro atoms. The number of carbonyl (C=O) groups excluding carboxylic acids is 1. The molecule has 0 aromatic rings. The molecule has 1 aliphatic heterocycles. The largest absolute Gasteiger partial charge is 0.359 e. The van der Waals surface area contributed by atoms with Gasteiger partial charge in [0.05, 0.1) is 5.92 Å². The minimum Gasteiger partial charge on any atom is -0.359 e. The van der Waals surface area contributed by atoms with E-state index in [2.05, 4.69) is 10.6 Å². The average molecular weight is 142 g/mol. The van der Waals surface area contributed by atoms with E-state index in [9.17, 15) is 4.79 Å². The SMILES string of the molecule is CNC(=O)[C@H]1CCN[C@H]1C. The smallest absolute Gasteiger partial charge is 0.224 e. The molecule has 0 aliphatic carbocycles. The lowest BCUT2D eigenvalue weighted by atomic mass is 10.0. The molecule has 1 rings (SSSR count). The first-order chi connectivity index (χ1) is 4.75. The molecule has 3 nitrogen and oxygen atoms in total. The monoisotopic (exact) mass is 142 g/mol. The molecule has 0 radical (unpaired) electrons. The number of hydrogen-bond donors (Lipinski definition) is 2. The Labute approximate surface area is 61.2 Å². The maximum absolute atomic E-state index is 11.1. The zero-order valence-corrected chi connectivity index (χ0v) is 6.48. The number of carbonyl (C=O) groups is 1. The highest BCUT2D eigenvalue weighted by Crippen LogP contribution is 2.14.